The molecule has 21 heavy (non-hydrogen) atoms. The smallest absolute Gasteiger partial charge is 0.256 e. The van der Waals surface area contributed by atoms with E-state index in [0.717, 1.165) is 10.8 Å². The summed E-state index contributed by atoms with van der Waals surface area (Å²) in [5.41, 5.74) is -0.0469. The van der Waals surface area contributed by atoms with Crippen molar-refractivity contribution in [2.24, 2.45) is 0 Å². The van der Waals surface area contributed by atoms with Gasteiger partial charge < -0.3 is 10.2 Å². The molecule has 0 unspecified atom stereocenters. The third kappa shape index (κ3) is 2.07. The van der Waals surface area contributed by atoms with E-state index in [2.05, 4.69) is 5.32 Å². The van der Waals surface area contributed by atoms with E-state index in [-0.39, 0.29) is 11.8 Å². The summed E-state index contributed by atoms with van der Waals surface area (Å²) in [7, 11) is 0. The molecule has 1 atom stereocenters. The summed E-state index contributed by atoms with van der Waals surface area (Å²) in [6.45, 7) is 5.45. The summed E-state index contributed by atoms with van der Waals surface area (Å²) in [6.07, 6.45) is 0. The van der Waals surface area contributed by atoms with E-state index in [4.69, 9.17) is 0 Å². The monoisotopic (exact) mass is 282 g/mol. The van der Waals surface area contributed by atoms with Gasteiger partial charge in [-0.25, -0.2) is 0 Å². The maximum absolute atomic E-state index is 13.0. The molecule has 3 rings (SSSR count). The largest absolute Gasteiger partial charge is 0.332 e. The highest BCUT2D eigenvalue weighted by molar-refractivity contribution is 6.09. The predicted molar refractivity (Wildman–Crippen MR) is 81.8 cm³/mol. The number of carbonyl (C=O) groups excluding carboxylic acids is 2. The molecule has 1 N–H and O–H groups in total. The van der Waals surface area contributed by atoms with Gasteiger partial charge in [-0.2, -0.15) is 0 Å². The quantitative estimate of drug-likeness (QED) is 0.874. The first-order chi connectivity index (χ1) is 9.92. The van der Waals surface area contributed by atoms with Crippen molar-refractivity contribution in [2.75, 3.05) is 0 Å². The van der Waals surface area contributed by atoms with Gasteiger partial charge in [-0.05, 0) is 37.6 Å². The first-order valence-corrected chi connectivity index (χ1v) is 7.05. The third-order valence-corrected chi connectivity index (χ3v) is 4.04. The van der Waals surface area contributed by atoms with Crippen molar-refractivity contribution in [3.63, 3.8) is 0 Å². The van der Waals surface area contributed by atoms with Crippen molar-refractivity contribution in [2.45, 2.75) is 32.5 Å². The Morgan fingerprint density at radius 3 is 2.48 bits per heavy atom. The van der Waals surface area contributed by atoms with Crippen LogP contribution in [0.3, 0.4) is 0 Å². The molecule has 1 fully saturated rings. The van der Waals surface area contributed by atoms with E-state index in [1.54, 1.807) is 11.8 Å². The second-order valence-corrected chi connectivity index (χ2v) is 5.93. The summed E-state index contributed by atoms with van der Waals surface area (Å²) >= 11 is 0. The molecule has 4 heteroatoms. The number of nitrogens with one attached hydrogen (secondary N) is 1. The Bertz CT molecular complexity index is 731. The molecule has 4 nitrogen and oxygen atoms in total. The van der Waals surface area contributed by atoms with E-state index in [1.165, 1.54) is 0 Å². The molecule has 0 bridgehead atoms. The van der Waals surface area contributed by atoms with Crippen LogP contribution < -0.4 is 5.32 Å². The molecule has 0 spiro atoms. The Morgan fingerprint density at radius 2 is 1.81 bits per heavy atom. The Morgan fingerprint density at radius 1 is 1.14 bits per heavy atom. The van der Waals surface area contributed by atoms with Crippen LogP contribution in [0.4, 0.5) is 0 Å². The van der Waals surface area contributed by atoms with Crippen LogP contribution in [0.2, 0.25) is 0 Å². The lowest BCUT2D eigenvalue weighted by molar-refractivity contribution is -0.121. The average molecular weight is 282 g/mol. The minimum Gasteiger partial charge on any atom is -0.332 e. The maximum Gasteiger partial charge on any atom is 0.256 e. The second kappa shape index (κ2) is 4.58. The van der Waals surface area contributed by atoms with Gasteiger partial charge in [0.05, 0.1) is 0 Å². The average Bonchev–Trinajstić information content (AvgIpc) is 2.66. The van der Waals surface area contributed by atoms with Gasteiger partial charge in [0, 0.05) is 5.56 Å². The number of rotatable bonds is 1. The molecule has 0 radical (unpaired) electrons. The van der Waals surface area contributed by atoms with Gasteiger partial charge in [-0.15, -0.1) is 0 Å². The van der Waals surface area contributed by atoms with Crippen LogP contribution >= 0.6 is 0 Å². The zero-order chi connectivity index (χ0) is 15.2. The standard InChI is InChI=1S/C17H18N2O2/c1-11-15(20)18-17(2,3)19(11)16(21)14-10-6-8-12-7-4-5-9-13(12)14/h4-11H,1-3H3,(H,18,20)/t11-/m0/s1. The van der Waals surface area contributed by atoms with Crippen LogP contribution in [0.25, 0.3) is 10.8 Å². The molecule has 1 saturated heterocycles. The fourth-order valence-electron chi connectivity index (χ4n) is 3.04. The Balaban J connectivity index is 2.11. The van der Waals surface area contributed by atoms with Crippen molar-refractivity contribution in [1.82, 2.24) is 10.2 Å². The Labute approximate surface area is 123 Å². The fourth-order valence-corrected chi connectivity index (χ4v) is 3.04. The Hall–Kier alpha value is -2.36. The van der Waals surface area contributed by atoms with Crippen LogP contribution in [-0.2, 0) is 4.79 Å². The van der Waals surface area contributed by atoms with Gasteiger partial charge in [0.2, 0.25) is 5.91 Å². The van der Waals surface area contributed by atoms with Crippen molar-refractivity contribution in [3.8, 4) is 0 Å². The number of hydrogen-bond acceptors (Lipinski definition) is 2. The van der Waals surface area contributed by atoms with Crippen molar-refractivity contribution in [3.05, 3.63) is 48.0 Å². The molecule has 0 saturated carbocycles. The minimum absolute atomic E-state index is 0.117. The van der Waals surface area contributed by atoms with Crippen LogP contribution in [0.5, 0.6) is 0 Å². The highest BCUT2D eigenvalue weighted by Crippen LogP contribution is 2.27. The summed E-state index contributed by atoms with van der Waals surface area (Å²) in [5, 5.41) is 4.79. The molecule has 1 aliphatic heterocycles. The maximum atomic E-state index is 13.0. The van der Waals surface area contributed by atoms with E-state index < -0.39 is 11.7 Å². The lowest BCUT2D eigenvalue weighted by atomic mass is 10.0. The zero-order valence-corrected chi connectivity index (χ0v) is 12.4. The first-order valence-electron chi connectivity index (χ1n) is 7.05. The summed E-state index contributed by atoms with van der Waals surface area (Å²) in [4.78, 5) is 26.5. The zero-order valence-electron chi connectivity index (χ0n) is 12.4. The van der Waals surface area contributed by atoms with Gasteiger partial charge in [0.25, 0.3) is 5.91 Å². The number of benzene rings is 2. The second-order valence-electron chi connectivity index (χ2n) is 5.93. The molecule has 2 amide bonds. The molecule has 0 aliphatic carbocycles. The van der Waals surface area contributed by atoms with Gasteiger partial charge in [0.15, 0.2) is 0 Å². The van der Waals surface area contributed by atoms with E-state index in [0.29, 0.717) is 5.56 Å². The van der Waals surface area contributed by atoms with E-state index >= 15 is 0 Å². The van der Waals surface area contributed by atoms with Gasteiger partial charge in [0.1, 0.15) is 11.7 Å². The molecule has 108 valence electrons. The topological polar surface area (TPSA) is 49.4 Å². The van der Waals surface area contributed by atoms with Gasteiger partial charge in [-0.3, -0.25) is 9.59 Å². The van der Waals surface area contributed by atoms with E-state index in [9.17, 15) is 9.59 Å². The first kappa shape index (κ1) is 13.6. The fraction of sp³-hybridized carbons (Fsp3) is 0.294. The summed E-state index contributed by atoms with van der Waals surface area (Å²) in [6, 6.07) is 13.0. The highest BCUT2D eigenvalue weighted by Gasteiger charge is 2.45. The molecule has 1 aliphatic rings. The summed E-state index contributed by atoms with van der Waals surface area (Å²) in [5.74, 6) is -0.240. The van der Waals surface area contributed by atoms with Crippen molar-refractivity contribution >= 4 is 22.6 Å². The number of nitrogens with zero attached hydrogens (tertiary/aromatic N) is 1. The van der Waals surface area contributed by atoms with Crippen LogP contribution in [0, 0.1) is 0 Å². The molecule has 1 heterocycles. The van der Waals surface area contributed by atoms with Gasteiger partial charge >= 0.3 is 0 Å². The molecule has 2 aromatic carbocycles. The molecule has 2 aromatic rings. The minimum atomic E-state index is -0.676. The van der Waals surface area contributed by atoms with Crippen LogP contribution in [-0.4, -0.2) is 28.4 Å². The Kier molecular flexibility index (Phi) is 2.97. The van der Waals surface area contributed by atoms with E-state index in [1.807, 2.05) is 56.3 Å². The van der Waals surface area contributed by atoms with Gasteiger partial charge in [-0.1, -0.05) is 36.4 Å². The highest BCUT2D eigenvalue weighted by atomic mass is 16.2. The van der Waals surface area contributed by atoms with Crippen molar-refractivity contribution in [1.29, 1.82) is 0 Å². The molecular weight excluding hydrogens is 264 g/mol. The summed E-state index contributed by atoms with van der Waals surface area (Å²) < 4.78 is 0. The predicted octanol–water partition coefficient (Wildman–Crippen LogP) is 2.54. The molecular formula is C17H18N2O2. The third-order valence-electron chi connectivity index (χ3n) is 4.04. The number of carbonyl (C=O) groups is 2. The van der Waals surface area contributed by atoms with Crippen LogP contribution in [0.1, 0.15) is 31.1 Å². The normalized spacial score (nSPS) is 20.6. The number of hydrogen-bond donors (Lipinski definition) is 1. The lowest BCUT2D eigenvalue weighted by Crippen LogP contribution is -2.50. The number of amides is 2. The number of fused-ring (bicyclic) bond motifs is 1. The van der Waals surface area contributed by atoms with Crippen molar-refractivity contribution < 1.29 is 9.59 Å². The van der Waals surface area contributed by atoms with Crippen LogP contribution in [0.15, 0.2) is 42.5 Å². The molecule has 0 aromatic heterocycles. The SMILES string of the molecule is C[C@H]1C(=O)NC(C)(C)N1C(=O)c1cccc2ccccc12. The lowest BCUT2D eigenvalue weighted by Gasteiger charge is -2.33.